The summed E-state index contributed by atoms with van der Waals surface area (Å²) >= 11 is 0. The van der Waals surface area contributed by atoms with Crippen LogP contribution in [0.15, 0.2) is 4.52 Å². The number of esters is 1. The summed E-state index contributed by atoms with van der Waals surface area (Å²) in [5.74, 6) is -5.37. The number of ether oxygens (including phenoxy) is 1. The summed E-state index contributed by atoms with van der Waals surface area (Å²) in [5.41, 5.74) is -0.522. The van der Waals surface area contributed by atoms with Gasteiger partial charge in [0.2, 0.25) is 0 Å². The molecular weight excluding hydrogens is 208 g/mol. The zero-order valence-corrected chi connectivity index (χ0v) is 8.63. The lowest BCUT2D eigenvalue weighted by atomic mass is 10.1. The first-order valence-electron chi connectivity index (χ1n) is 4.39. The number of rotatable bonds is 3. The van der Waals surface area contributed by atoms with E-state index in [2.05, 4.69) is 14.4 Å². The molecule has 0 aliphatic carbocycles. The Morgan fingerprint density at radius 1 is 1.53 bits per heavy atom. The van der Waals surface area contributed by atoms with E-state index in [0.717, 1.165) is 0 Å². The molecule has 15 heavy (non-hydrogen) atoms. The van der Waals surface area contributed by atoms with Crippen LogP contribution in [0.4, 0.5) is 8.78 Å². The summed E-state index contributed by atoms with van der Waals surface area (Å²) in [5, 5.41) is 3.36. The van der Waals surface area contributed by atoms with Gasteiger partial charge < -0.3 is 9.26 Å². The van der Waals surface area contributed by atoms with E-state index in [4.69, 9.17) is 0 Å². The maximum absolute atomic E-state index is 13.5. The van der Waals surface area contributed by atoms with Gasteiger partial charge in [-0.15, -0.1) is 0 Å². The van der Waals surface area contributed by atoms with Crippen LogP contribution in [0.5, 0.6) is 0 Å². The molecule has 0 fully saturated rings. The number of carbonyl (C=O) groups is 1. The molecule has 0 aliphatic rings. The van der Waals surface area contributed by atoms with Gasteiger partial charge in [-0.25, -0.2) is 4.79 Å². The lowest BCUT2D eigenvalue weighted by Crippen LogP contribution is -2.29. The van der Waals surface area contributed by atoms with Crippen LogP contribution < -0.4 is 0 Å². The highest BCUT2D eigenvalue weighted by Gasteiger charge is 2.47. The minimum absolute atomic E-state index is 0.00875. The van der Waals surface area contributed by atoms with E-state index in [1.807, 2.05) is 0 Å². The van der Waals surface area contributed by atoms with Gasteiger partial charge in [-0.05, 0) is 20.8 Å². The van der Waals surface area contributed by atoms with Crippen molar-refractivity contribution >= 4 is 5.97 Å². The van der Waals surface area contributed by atoms with Crippen LogP contribution in [0.25, 0.3) is 0 Å². The van der Waals surface area contributed by atoms with Gasteiger partial charge in [0.15, 0.2) is 0 Å². The van der Waals surface area contributed by atoms with Crippen LogP contribution >= 0.6 is 0 Å². The van der Waals surface area contributed by atoms with Crippen LogP contribution in [0.3, 0.4) is 0 Å². The van der Waals surface area contributed by atoms with E-state index in [1.54, 1.807) is 0 Å². The molecule has 1 heterocycles. The molecule has 0 aromatic carbocycles. The van der Waals surface area contributed by atoms with Crippen molar-refractivity contribution < 1.29 is 22.8 Å². The largest absolute Gasteiger partial charge is 0.461 e. The summed E-state index contributed by atoms with van der Waals surface area (Å²) in [6.07, 6.45) is 0. The van der Waals surface area contributed by atoms with Crippen LogP contribution in [-0.2, 0) is 15.5 Å². The Morgan fingerprint density at radius 2 is 2.13 bits per heavy atom. The molecule has 1 aromatic rings. The third-order valence-electron chi connectivity index (χ3n) is 1.88. The van der Waals surface area contributed by atoms with E-state index < -0.39 is 17.5 Å². The van der Waals surface area contributed by atoms with Crippen molar-refractivity contribution in [3.05, 3.63) is 17.0 Å². The lowest BCUT2D eigenvalue weighted by Gasteiger charge is -2.13. The number of carbonyl (C=O) groups excluding carboxylic acids is 1. The molecule has 0 spiro atoms. The number of hydrogen-bond donors (Lipinski definition) is 0. The number of aryl methyl sites for hydroxylation is 2. The number of nitrogens with zero attached hydrogens (tertiary/aromatic N) is 1. The Labute approximate surface area is 85.2 Å². The van der Waals surface area contributed by atoms with Crippen molar-refractivity contribution in [3.63, 3.8) is 0 Å². The van der Waals surface area contributed by atoms with Crippen LogP contribution in [0.2, 0.25) is 0 Å². The first kappa shape index (κ1) is 11.6. The van der Waals surface area contributed by atoms with Gasteiger partial charge in [-0.2, -0.15) is 8.78 Å². The highest BCUT2D eigenvalue weighted by Crippen LogP contribution is 2.34. The smallest absolute Gasteiger partial charge is 0.382 e. The summed E-state index contributed by atoms with van der Waals surface area (Å²) < 4.78 is 35.9. The fraction of sp³-hybridized carbons (Fsp3) is 0.556. The SMILES string of the molecule is CCOC(=O)C(F)(F)c1c(C)noc1C. The van der Waals surface area contributed by atoms with Crippen molar-refractivity contribution in [1.82, 2.24) is 5.16 Å². The summed E-state index contributed by atoms with van der Waals surface area (Å²) in [7, 11) is 0. The maximum atomic E-state index is 13.5. The molecule has 0 aliphatic heterocycles. The molecule has 0 saturated heterocycles. The number of aromatic nitrogens is 1. The molecule has 6 heteroatoms. The zero-order valence-electron chi connectivity index (χ0n) is 8.63. The highest BCUT2D eigenvalue weighted by molar-refractivity contribution is 5.79. The van der Waals surface area contributed by atoms with Crippen molar-refractivity contribution in [2.45, 2.75) is 26.7 Å². The molecule has 0 bridgehead atoms. The first-order chi connectivity index (χ1) is 6.91. The Hall–Kier alpha value is -1.46. The average molecular weight is 219 g/mol. The van der Waals surface area contributed by atoms with Gasteiger partial charge >= 0.3 is 11.9 Å². The molecule has 0 N–H and O–H groups in total. The topological polar surface area (TPSA) is 52.3 Å². The normalized spacial score (nSPS) is 11.5. The molecule has 0 atom stereocenters. The van der Waals surface area contributed by atoms with E-state index in [9.17, 15) is 13.6 Å². The van der Waals surface area contributed by atoms with Crippen molar-refractivity contribution in [1.29, 1.82) is 0 Å². The minimum atomic E-state index is -3.70. The second-order valence-electron chi connectivity index (χ2n) is 2.99. The third kappa shape index (κ3) is 1.98. The number of halogens is 2. The zero-order chi connectivity index (χ0) is 11.6. The molecule has 0 amide bonds. The minimum Gasteiger partial charge on any atom is -0.461 e. The van der Waals surface area contributed by atoms with Gasteiger partial charge in [-0.3, -0.25) is 0 Å². The van der Waals surface area contributed by atoms with E-state index in [-0.39, 0.29) is 18.1 Å². The Kier molecular flexibility index (Phi) is 3.06. The summed E-state index contributed by atoms with van der Waals surface area (Å²) in [6.45, 7) is 4.03. The maximum Gasteiger partial charge on any atom is 0.382 e. The van der Waals surface area contributed by atoms with Gasteiger partial charge in [0.25, 0.3) is 0 Å². The van der Waals surface area contributed by atoms with Crippen LogP contribution in [0.1, 0.15) is 23.9 Å². The molecule has 1 rings (SSSR count). The standard InChI is InChI=1S/C9H11F2NO3/c1-4-14-8(13)9(10,11)7-5(2)12-15-6(7)3/h4H2,1-3H3. The van der Waals surface area contributed by atoms with Gasteiger partial charge in [0, 0.05) is 0 Å². The molecule has 0 radical (unpaired) electrons. The Morgan fingerprint density at radius 3 is 2.53 bits per heavy atom. The average Bonchev–Trinajstić information content (AvgIpc) is 2.46. The lowest BCUT2D eigenvalue weighted by molar-refractivity contribution is -0.173. The third-order valence-corrected chi connectivity index (χ3v) is 1.88. The molecule has 4 nitrogen and oxygen atoms in total. The van der Waals surface area contributed by atoms with Crippen LogP contribution in [-0.4, -0.2) is 17.7 Å². The predicted molar refractivity (Wildman–Crippen MR) is 46.5 cm³/mol. The molecule has 0 unspecified atom stereocenters. The van der Waals surface area contributed by atoms with E-state index >= 15 is 0 Å². The summed E-state index contributed by atoms with van der Waals surface area (Å²) in [4.78, 5) is 11.0. The van der Waals surface area contributed by atoms with Crippen LogP contribution in [0, 0.1) is 13.8 Å². The second-order valence-corrected chi connectivity index (χ2v) is 2.99. The quantitative estimate of drug-likeness (QED) is 0.729. The van der Waals surface area contributed by atoms with Crippen molar-refractivity contribution in [3.8, 4) is 0 Å². The highest BCUT2D eigenvalue weighted by atomic mass is 19.3. The van der Waals surface area contributed by atoms with E-state index in [0.29, 0.717) is 0 Å². The summed E-state index contributed by atoms with van der Waals surface area (Å²) in [6, 6.07) is 0. The Balaban J connectivity index is 3.10. The Bertz CT molecular complexity index is 354. The molecule has 0 saturated carbocycles. The molecular formula is C9H11F2NO3. The van der Waals surface area contributed by atoms with Crippen molar-refractivity contribution in [2.75, 3.05) is 6.61 Å². The predicted octanol–water partition coefficient (Wildman–Crippen LogP) is 1.95. The molecule has 1 aromatic heterocycles. The van der Waals surface area contributed by atoms with E-state index in [1.165, 1.54) is 20.8 Å². The fourth-order valence-electron chi connectivity index (χ4n) is 1.26. The molecule has 84 valence electrons. The van der Waals surface area contributed by atoms with Gasteiger partial charge in [0.1, 0.15) is 5.76 Å². The second kappa shape index (κ2) is 3.96. The number of hydrogen-bond acceptors (Lipinski definition) is 4. The van der Waals surface area contributed by atoms with Crippen molar-refractivity contribution in [2.24, 2.45) is 0 Å². The fourth-order valence-corrected chi connectivity index (χ4v) is 1.26. The first-order valence-corrected chi connectivity index (χ1v) is 4.39. The number of alkyl halides is 2. The van der Waals surface area contributed by atoms with Gasteiger partial charge in [0.05, 0.1) is 17.9 Å². The van der Waals surface area contributed by atoms with Gasteiger partial charge in [-0.1, -0.05) is 5.16 Å². The monoisotopic (exact) mass is 219 g/mol.